The first-order valence-corrected chi connectivity index (χ1v) is 10.3. The van der Waals surface area contributed by atoms with Crippen LogP contribution in [0.5, 0.6) is 11.5 Å². The Hall–Kier alpha value is -2.82. The topological polar surface area (TPSA) is 55.8 Å². The fraction of sp³-hybridized carbons (Fsp3) is 0.417. The van der Waals surface area contributed by atoms with Crippen LogP contribution in [-0.2, 0) is 4.79 Å². The number of likely N-dealkylation sites (tertiary alicyclic amines) is 1. The lowest BCUT2D eigenvalue weighted by Gasteiger charge is -2.30. The van der Waals surface area contributed by atoms with E-state index in [-0.39, 0.29) is 24.3 Å². The van der Waals surface area contributed by atoms with Gasteiger partial charge in [-0.2, -0.15) is 0 Å². The van der Waals surface area contributed by atoms with E-state index in [9.17, 15) is 9.59 Å². The number of Topliss-reactive ketones (excluding diaryl/α,β-unsaturated/α-hetero) is 1. The van der Waals surface area contributed by atoms with Gasteiger partial charge in [0.1, 0.15) is 11.5 Å². The standard InChI is InChI=1S/C24H29NO4/c1-3-23(26)19-10-14-21(15-11-19)29-17-24(27)25-16-6-4-5-7-22(25)18-8-12-20(28-2)13-9-18/h8-15,22H,3-7,16-17H2,1-2H3/t22-/m0/s1. The van der Waals surface area contributed by atoms with Crippen molar-refractivity contribution in [1.82, 2.24) is 4.90 Å². The van der Waals surface area contributed by atoms with Crippen LogP contribution in [0.25, 0.3) is 0 Å². The molecule has 0 aromatic heterocycles. The summed E-state index contributed by atoms with van der Waals surface area (Å²) in [5.41, 5.74) is 1.79. The van der Waals surface area contributed by atoms with Crippen LogP contribution in [-0.4, -0.2) is 36.9 Å². The molecule has 5 heteroatoms. The highest BCUT2D eigenvalue weighted by atomic mass is 16.5. The molecule has 1 heterocycles. The van der Waals surface area contributed by atoms with Gasteiger partial charge in [0.2, 0.25) is 0 Å². The van der Waals surface area contributed by atoms with Gasteiger partial charge in [0.05, 0.1) is 13.2 Å². The first kappa shape index (κ1) is 20.9. The van der Waals surface area contributed by atoms with Crippen molar-refractivity contribution in [2.24, 2.45) is 0 Å². The number of ketones is 1. The maximum absolute atomic E-state index is 13.0. The van der Waals surface area contributed by atoms with E-state index in [1.54, 1.807) is 31.4 Å². The van der Waals surface area contributed by atoms with E-state index in [4.69, 9.17) is 9.47 Å². The van der Waals surface area contributed by atoms with Crippen LogP contribution in [0.1, 0.15) is 61.0 Å². The van der Waals surface area contributed by atoms with Crippen molar-refractivity contribution < 1.29 is 19.1 Å². The molecule has 29 heavy (non-hydrogen) atoms. The van der Waals surface area contributed by atoms with Gasteiger partial charge in [0, 0.05) is 18.5 Å². The number of ether oxygens (including phenoxy) is 2. The lowest BCUT2D eigenvalue weighted by Crippen LogP contribution is -2.38. The summed E-state index contributed by atoms with van der Waals surface area (Å²) in [6, 6.07) is 15.0. The molecule has 5 nitrogen and oxygen atoms in total. The Morgan fingerprint density at radius 2 is 1.66 bits per heavy atom. The lowest BCUT2D eigenvalue weighted by molar-refractivity contribution is -0.135. The van der Waals surface area contributed by atoms with Crippen molar-refractivity contribution in [2.45, 2.75) is 45.1 Å². The maximum atomic E-state index is 13.0. The number of rotatable bonds is 7. The molecular weight excluding hydrogens is 366 g/mol. The molecule has 2 aromatic rings. The third kappa shape index (κ3) is 5.37. The van der Waals surface area contributed by atoms with Crippen LogP contribution in [0.2, 0.25) is 0 Å². The molecule has 0 unspecified atom stereocenters. The minimum Gasteiger partial charge on any atom is -0.497 e. The zero-order valence-corrected chi connectivity index (χ0v) is 17.2. The molecule has 0 bridgehead atoms. The SMILES string of the molecule is CCC(=O)c1ccc(OCC(=O)N2CCCCC[C@H]2c2ccc(OC)cc2)cc1. The fourth-order valence-corrected chi connectivity index (χ4v) is 3.75. The molecule has 1 amide bonds. The van der Waals surface area contributed by atoms with E-state index in [1.165, 1.54) is 0 Å². The van der Waals surface area contributed by atoms with Crippen molar-refractivity contribution in [3.63, 3.8) is 0 Å². The Balaban J connectivity index is 1.66. The first-order valence-electron chi connectivity index (χ1n) is 10.3. The minimum atomic E-state index is -0.0126. The molecule has 0 spiro atoms. The minimum absolute atomic E-state index is 0.00622. The van der Waals surface area contributed by atoms with E-state index < -0.39 is 0 Å². The zero-order valence-electron chi connectivity index (χ0n) is 17.2. The number of hydrogen-bond donors (Lipinski definition) is 0. The number of hydrogen-bond acceptors (Lipinski definition) is 4. The number of methoxy groups -OCH3 is 1. The molecule has 0 N–H and O–H groups in total. The summed E-state index contributed by atoms with van der Waals surface area (Å²) in [6.45, 7) is 2.57. The Bertz CT molecular complexity index is 814. The molecule has 1 fully saturated rings. The lowest BCUT2D eigenvalue weighted by atomic mass is 10.0. The first-order chi connectivity index (χ1) is 14.1. The van der Waals surface area contributed by atoms with Crippen LogP contribution in [0.3, 0.4) is 0 Å². The summed E-state index contributed by atoms with van der Waals surface area (Å²) in [5.74, 6) is 1.50. The highest BCUT2D eigenvalue weighted by Gasteiger charge is 2.27. The van der Waals surface area contributed by atoms with Crippen LogP contribution in [0.4, 0.5) is 0 Å². The summed E-state index contributed by atoms with van der Waals surface area (Å²) < 4.78 is 11.0. The van der Waals surface area contributed by atoms with Gasteiger partial charge in [-0.3, -0.25) is 9.59 Å². The molecule has 0 aliphatic carbocycles. The monoisotopic (exact) mass is 395 g/mol. The Kier molecular flexibility index (Phi) is 7.28. The molecule has 1 aliphatic heterocycles. The second-order valence-electron chi connectivity index (χ2n) is 7.32. The van der Waals surface area contributed by atoms with Crippen LogP contribution >= 0.6 is 0 Å². The Morgan fingerprint density at radius 3 is 2.31 bits per heavy atom. The van der Waals surface area contributed by atoms with Crippen LogP contribution in [0.15, 0.2) is 48.5 Å². The second-order valence-corrected chi connectivity index (χ2v) is 7.32. The fourth-order valence-electron chi connectivity index (χ4n) is 3.75. The average molecular weight is 395 g/mol. The van der Waals surface area contributed by atoms with E-state index >= 15 is 0 Å². The third-order valence-electron chi connectivity index (χ3n) is 5.43. The van der Waals surface area contributed by atoms with Crippen LogP contribution in [0, 0.1) is 0 Å². The van der Waals surface area contributed by atoms with E-state index in [1.807, 2.05) is 36.1 Å². The van der Waals surface area contributed by atoms with Crippen molar-refractivity contribution in [2.75, 3.05) is 20.3 Å². The largest absolute Gasteiger partial charge is 0.497 e. The van der Waals surface area contributed by atoms with E-state index in [0.29, 0.717) is 17.7 Å². The summed E-state index contributed by atoms with van der Waals surface area (Å²) >= 11 is 0. The highest BCUT2D eigenvalue weighted by molar-refractivity contribution is 5.95. The van der Waals surface area contributed by atoms with Gasteiger partial charge in [-0.05, 0) is 54.8 Å². The molecule has 0 saturated carbocycles. The summed E-state index contributed by atoms with van der Waals surface area (Å²) in [7, 11) is 1.65. The number of nitrogens with zero attached hydrogens (tertiary/aromatic N) is 1. The van der Waals surface area contributed by atoms with Crippen molar-refractivity contribution >= 4 is 11.7 Å². The van der Waals surface area contributed by atoms with Gasteiger partial charge in [-0.15, -0.1) is 0 Å². The third-order valence-corrected chi connectivity index (χ3v) is 5.43. The quantitative estimate of drug-likeness (QED) is 0.631. The van der Waals surface area contributed by atoms with Gasteiger partial charge >= 0.3 is 0 Å². The van der Waals surface area contributed by atoms with E-state index in [0.717, 1.165) is 43.5 Å². The van der Waals surface area contributed by atoms with Crippen molar-refractivity contribution in [3.05, 3.63) is 59.7 Å². The predicted molar refractivity (Wildman–Crippen MR) is 112 cm³/mol. The predicted octanol–water partition coefficient (Wildman–Crippen LogP) is 4.81. The van der Waals surface area contributed by atoms with E-state index in [2.05, 4.69) is 0 Å². The molecule has 1 saturated heterocycles. The number of benzene rings is 2. The number of carbonyl (C=O) groups is 2. The summed E-state index contributed by atoms with van der Waals surface area (Å²) in [6.07, 6.45) is 4.66. The van der Waals surface area contributed by atoms with Gasteiger partial charge < -0.3 is 14.4 Å². The average Bonchev–Trinajstić information content (AvgIpc) is 3.03. The van der Waals surface area contributed by atoms with Gasteiger partial charge in [-0.25, -0.2) is 0 Å². The second kappa shape index (κ2) is 10.1. The molecule has 3 rings (SSSR count). The smallest absolute Gasteiger partial charge is 0.261 e. The molecule has 154 valence electrons. The molecule has 1 aliphatic rings. The summed E-state index contributed by atoms with van der Waals surface area (Å²) in [4.78, 5) is 26.7. The normalized spacial score (nSPS) is 16.8. The molecular formula is C24H29NO4. The van der Waals surface area contributed by atoms with Crippen molar-refractivity contribution in [1.29, 1.82) is 0 Å². The molecule has 0 radical (unpaired) electrons. The molecule has 1 atom stereocenters. The Morgan fingerprint density at radius 1 is 0.966 bits per heavy atom. The van der Waals surface area contributed by atoms with Gasteiger partial charge in [0.15, 0.2) is 12.4 Å². The highest BCUT2D eigenvalue weighted by Crippen LogP contribution is 2.31. The Labute approximate surface area is 172 Å². The zero-order chi connectivity index (χ0) is 20.6. The van der Waals surface area contributed by atoms with Crippen molar-refractivity contribution in [3.8, 4) is 11.5 Å². The van der Waals surface area contributed by atoms with Crippen LogP contribution < -0.4 is 9.47 Å². The summed E-state index contributed by atoms with van der Waals surface area (Å²) in [5, 5.41) is 0. The van der Waals surface area contributed by atoms with Gasteiger partial charge in [0.25, 0.3) is 5.91 Å². The molecule has 2 aromatic carbocycles. The van der Waals surface area contributed by atoms with Gasteiger partial charge in [-0.1, -0.05) is 31.9 Å². The number of amides is 1. The maximum Gasteiger partial charge on any atom is 0.261 e. The number of carbonyl (C=O) groups excluding carboxylic acids is 2.